The van der Waals surface area contributed by atoms with E-state index in [0.717, 1.165) is 30.0 Å². The van der Waals surface area contributed by atoms with Crippen LogP contribution in [0.4, 0.5) is 0 Å². The van der Waals surface area contributed by atoms with Crippen molar-refractivity contribution in [2.75, 3.05) is 5.88 Å². The summed E-state index contributed by atoms with van der Waals surface area (Å²) in [6.07, 6.45) is 2.64. The molecule has 0 radical (unpaired) electrons. The van der Waals surface area contributed by atoms with E-state index in [2.05, 4.69) is 37.2 Å². The van der Waals surface area contributed by atoms with Crippen LogP contribution < -0.4 is 0 Å². The molecular formula is C14H20ClN3. The Morgan fingerprint density at radius 3 is 2.67 bits per heavy atom. The third-order valence-electron chi connectivity index (χ3n) is 2.87. The summed E-state index contributed by atoms with van der Waals surface area (Å²) in [5.74, 6) is 1.63. The number of hydrogen-bond donors (Lipinski definition) is 0. The number of pyridine rings is 1. The Hall–Kier alpha value is -1.09. The van der Waals surface area contributed by atoms with Gasteiger partial charge in [0.2, 0.25) is 0 Å². The van der Waals surface area contributed by atoms with Gasteiger partial charge < -0.3 is 4.57 Å². The van der Waals surface area contributed by atoms with E-state index in [1.54, 1.807) is 0 Å². The van der Waals surface area contributed by atoms with Gasteiger partial charge in [-0.25, -0.2) is 9.97 Å². The quantitative estimate of drug-likeness (QED) is 0.795. The number of nitrogens with zero attached hydrogens (tertiary/aromatic N) is 3. The average Bonchev–Trinajstić information content (AvgIpc) is 2.58. The normalized spacial score (nSPS) is 12.3. The molecule has 0 aliphatic carbocycles. The smallest absolute Gasteiger partial charge is 0.160 e. The van der Waals surface area contributed by atoms with Gasteiger partial charge in [0.05, 0.1) is 0 Å². The number of aromatic nitrogens is 3. The van der Waals surface area contributed by atoms with Gasteiger partial charge in [0.25, 0.3) is 0 Å². The van der Waals surface area contributed by atoms with Crippen LogP contribution in [0.5, 0.6) is 0 Å². The van der Waals surface area contributed by atoms with Crippen molar-refractivity contribution in [1.82, 2.24) is 14.5 Å². The van der Waals surface area contributed by atoms with E-state index < -0.39 is 0 Å². The molecule has 2 rings (SSSR count). The number of imidazole rings is 1. The fraction of sp³-hybridized carbons (Fsp3) is 0.571. The zero-order valence-corrected chi connectivity index (χ0v) is 12.3. The largest absolute Gasteiger partial charge is 0.312 e. The Morgan fingerprint density at radius 1 is 1.33 bits per heavy atom. The van der Waals surface area contributed by atoms with E-state index in [9.17, 15) is 0 Å². The zero-order chi connectivity index (χ0) is 13.3. The topological polar surface area (TPSA) is 30.7 Å². The Morgan fingerprint density at radius 2 is 2.06 bits per heavy atom. The van der Waals surface area contributed by atoms with Gasteiger partial charge in [0.1, 0.15) is 11.3 Å². The zero-order valence-electron chi connectivity index (χ0n) is 11.5. The molecule has 2 aromatic rings. The molecule has 3 nitrogen and oxygen atoms in total. The maximum absolute atomic E-state index is 5.87. The van der Waals surface area contributed by atoms with Gasteiger partial charge in [-0.3, -0.25) is 0 Å². The summed E-state index contributed by atoms with van der Waals surface area (Å²) in [7, 11) is 0. The van der Waals surface area contributed by atoms with Gasteiger partial charge >= 0.3 is 0 Å². The first-order valence-corrected chi connectivity index (χ1v) is 6.82. The molecule has 2 heterocycles. The minimum absolute atomic E-state index is 0.195. The first kappa shape index (κ1) is 13.3. The minimum Gasteiger partial charge on any atom is -0.312 e. The molecule has 0 saturated heterocycles. The fourth-order valence-corrected chi connectivity index (χ4v) is 2.27. The predicted molar refractivity (Wildman–Crippen MR) is 76.1 cm³/mol. The summed E-state index contributed by atoms with van der Waals surface area (Å²) in [4.78, 5) is 9.19. The number of fused-ring (bicyclic) bond motifs is 1. The maximum atomic E-state index is 5.87. The second-order valence-corrected chi connectivity index (χ2v) is 6.29. The lowest BCUT2D eigenvalue weighted by molar-refractivity contribution is 0.342. The van der Waals surface area contributed by atoms with Crippen molar-refractivity contribution in [1.29, 1.82) is 0 Å². The minimum atomic E-state index is 0.195. The molecule has 18 heavy (non-hydrogen) atoms. The van der Waals surface area contributed by atoms with E-state index in [1.807, 2.05) is 12.3 Å². The molecule has 98 valence electrons. The standard InChI is InChI=1S/C14H20ClN3/c1-10-6-8-16-13-12(10)17-11(5-7-15)18(13)9-14(2,3)4/h6,8H,5,7,9H2,1-4H3. The molecule has 0 atom stereocenters. The molecule has 2 aromatic heterocycles. The van der Waals surface area contributed by atoms with Crippen LogP contribution in [0.25, 0.3) is 11.2 Å². The van der Waals surface area contributed by atoms with E-state index in [1.165, 1.54) is 5.56 Å². The highest BCUT2D eigenvalue weighted by molar-refractivity contribution is 6.17. The number of halogens is 1. The molecule has 0 aromatic carbocycles. The summed E-state index contributed by atoms with van der Waals surface area (Å²) in [5.41, 5.74) is 3.34. The molecule has 0 fully saturated rings. The van der Waals surface area contributed by atoms with Gasteiger partial charge in [-0.1, -0.05) is 20.8 Å². The van der Waals surface area contributed by atoms with E-state index in [0.29, 0.717) is 5.88 Å². The van der Waals surface area contributed by atoms with Crippen molar-refractivity contribution in [2.45, 2.75) is 40.7 Å². The molecule has 0 N–H and O–H groups in total. The average molecular weight is 266 g/mol. The maximum Gasteiger partial charge on any atom is 0.160 e. The second kappa shape index (κ2) is 4.88. The molecule has 0 saturated carbocycles. The van der Waals surface area contributed by atoms with Crippen molar-refractivity contribution in [2.24, 2.45) is 5.41 Å². The second-order valence-electron chi connectivity index (χ2n) is 5.91. The van der Waals surface area contributed by atoms with E-state index in [4.69, 9.17) is 16.6 Å². The van der Waals surface area contributed by atoms with Crippen LogP contribution in [0, 0.1) is 12.3 Å². The predicted octanol–water partition coefficient (Wildman–Crippen LogP) is 3.57. The molecule has 4 heteroatoms. The van der Waals surface area contributed by atoms with Gasteiger partial charge in [0, 0.05) is 25.0 Å². The number of hydrogen-bond acceptors (Lipinski definition) is 2. The van der Waals surface area contributed by atoms with Crippen LogP contribution >= 0.6 is 11.6 Å². The lowest BCUT2D eigenvalue weighted by Gasteiger charge is -2.20. The molecule has 0 unspecified atom stereocenters. The number of rotatable bonds is 3. The first-order chi connectivity index (χ1) is 8.42. The van der Waals surface area contributed by atoms with Crippen LogP contribution in [0.3, 0.4) is 0 Å². The molecule has 0 aliphatic rings. The van der Waals surface area contributed by atoms with Crippen LogP contribution in [-0.2, 0) is 13.0 Å². The lowest BCUT2D eigenvalue weighted by atomic mass is 9.97. The monoisotopic (exact) mass is 265 g/mol. The van der Waals surface area contributed by atoms with Crippen LogP contribution in [-0.4, -0.2) is 20.4 Å². The molecule has 0 aliphatic heterocycles. The number of alkyl halides is 1. The van der Waals surface area contributed by atoms with Crippen molar-refractivity contribution in [3.63, 3.8) is 0 Å². The van der Waals surface area contributed by atoms with Crippen LogP contribution in [0.1, 0.15) is 32.2 Å². The first-order valence-electron chi connectivity index (χ1n) is 6.29. The van der Waals surface area contributed by atoms with E-state index in [-0.39, 0.29) is 5.41 Å². The molecule has 0 amide bonds. The van der Waals surface area contributed by atoms with Gasteiger partial charge in [-0.05, 0) is 24.0 Å². The van der Waals surface area contributed by atoms with Crippen molar-refractivity contribution >= 4 is 22.8 Å². The Bertz CT molecular complexity index is 552. The Balaban J connectivity index is 2.59. The highest BCUT2D eigenvalue weighted by atomic mass is 35.5. The van der Waals surface area contributed by atoms with Crippen LogP contribution in [0.15, 0.2) is 12.3 Å². The van der Waals surface area contributed by atoms with Crippen LogP contribution in [0.2, 0.25) is 0 Å². The highest BCUT2D eigenvalue weighted by Gasteiger charge is 2.18. The van der Waals surface area contributed by atoms with Gasteiger partial charge in [-0.2, -0.15) is 0 Å². The van der Waals surface area contributed by atoms with E-state index >= 15 is 0 Å². The highest BCUT2D eigenvalue weighted by Crippen LogP contribution is 2.23. The third-order valence-corrected chi connectivity index (χ3v) is 3.05. The SMILES string of the molecule is Cc1ccnc2c1nc(CCCl)n2CC(C)(C)C. The van der Waals surface area contributed by atoms with Crippen molar-refractivity contribution in [3.05, 3.63) is 23.7 Å². The van der Waals surface area contributed by atoms with Gasteiger partial charge in [0.15, 0.2) is 5.65 Å². The van der Waals surface area contributed by atoms with Crippen molar-refractivity contribution in [3.8, 4) is 0 Å². The molecule has 0 spiro atoms. The fourth-order valence-electron chi connectivity index (χ4n) is 2.10. The Labute approximate surface area is 113 Å². The number of aryl methyl sites for hydroxylation is 2. The third kappa shape index (κ3) is 2.66. The molecular weight excluding hydrogens is 246 g/mol. The summed E-state index contributed by atoms with van der Waals surface area (Å²) >= 11 is 5.87. The molecule has 0 bridgehead atoms. The summed E-state index contributed by atoms with van der Waals surface area (Å²) < 4.78 is 2.21. The summed E-state index contributed by atoms with van der Waals surface area (Å²) in [6.45, 7) is 9.65. The van der Waals surface area contributed by atoms with Crippen molar-refractivity contribution < 1.29 is 0 Å². The summed E-state index contributed by atoms with van der Waals surface area (Å²) in [6, 6.07) is 2.00. The lowest BCUT2D eigenvalue weighted by Crippen LogP contribution is -2.18. The Kier molecular flexibility index (Phi) is 3.62. The van der Waals surface area contributed by atoms with Gasteiger partial charge in [-0.15, -0.1) is 11.6 Å². The summed E-state index contributed by atoms with van der Waals surface area (Å²) in [5, 5.41) is 0.